The summed E-state index contributed by atoms with van der Waals surface area (Å²) in [5.41, 5.74) is 2.49. The summed E-state index contributed by atoms with van der Waals surface area (Å²) in [6.07, 6.45) is -0.179. The van der Waals surface area contributed by atoms with Gasteiger partial charge in [-0.05, 0) is 18.2 Å². The molecule has 0 saturated heterocycles. The van der Waals surface area contributed by atoms with E-state index in [1.165, 1.54) is 5.01 Å². The van der Waals surface area contributed by atoms with Crippen molar-refractivity contribution in [3.63, 3.8) is 0 Å². The Hall–Kier alpha value is -1.49. The van der Waals surface area contributed by atoms with E-state index >= 15 is 0 Å². The third-order valence-corrected chi connectivity index (χ3v) is 1.71. The molecule has 0 heterocycles. The van der Waals surface area contributed by atoms with Crippen molar-refractivity contribution in [2.24, 2.45) is 0 Å². The topological polar surface area (TPSA) is 32.3 Å². The van der Waals surface area contributed by atoms with Gasteiger partial charge < -0.3 is 0 Å². The number of hydrazine groups is 1. The Morgan fingerprint density at radius 2 is 2.07 bits per heavy atom. The lowest BCUT2D eigenvalue weighted by molar-refractivity contribution is -0.124. The first kappa shape index (κ1) is 11.6. The lowest BCUT2D eigenvalue weighted by Gasteiger charge is -2.11. The van der Waals surface area contributed by atoms with E-state index in [4.69, 9.17) is 0 Å². The molecule has 0 atom stereocenters. The first-order valence-electron chi connectivity index (χ1n) is 4.40. The normalized spacial score (nSPS) is 10.5. The summed E-state index contributed by atoms with van der Waals surface area (Å²) in [6.45, 7) is 0. The van der Waals surface area contributed by atoms with Crippen molar-refractivity contribution in [2.75, 3.05) is 14.1 Å². The third-order valence-electron chi connectivity index (χ3n) is 1.71. The van der Waals surface area contributed by atoms with Gasteiger partial charge in [0.15, 0.2) is 0 Å². The minimum absolute atomic E-state index is 0.0503. The first-order chi connectivity index (χ1) is 6.99. The zero-order chi connectivity index (χ0) is 11.4. The second-order valence-corrected chi connectivity index (χ2v) is 3.34. The first-order valence-corrected chi connectivity index (χ1v) is 4.40. The molecule has 1 rings (SSSR count). The Kier molecular flexibility index (Phi) is 3.74. The Labute approximate surface area is 86.7 Å². The van der Waals surface area contributed by atoms with Gasteiger partial charge in [0.1, 0.15) is 11.6 Å². The number of nitrogens with zero attached hydrogens (tertiary/aromatic N) is 1. The third kappa shape index (κ3) is 3.63. The summed E-state index contributed by atoms with van der Waals surface area (Å²) < 4.78 is 25.9. The van der Waals surface area contributed by atoms with Gasteiger partial charge in [-0.1, -0.05) is 0 Å². The van der Waals surface area contributed by atoms with E-state index in [0.717, 1.165) is 18.2 Å². The molecular formula is C10H12F2N2O. The van der Waals surface area contributed by atoms with Gasteiger partial charge in [-0.15, -0.1) is 0 Å². The maximum absolute atomic E-state index is 13.1. The smallest absolute Gasteiger partial charge is 0.238 e. The van der Waals surface area contributed by atoms with Gasteiger partial charge in [-0.2, -0.15) is 0 Å². The van der Waals surface area contributed by atoms with Crippen molar-refractivity contribution in [2.45, 2.75) is 6.42 Å². The van der Waals surface area contributed by atoms with Crippen molar-refractivity contribution in [1.82, 2.24) is 10.4 Å². The fraction of sp³-hybridized carbons (Fsp3) is 0.300. The molecule has 0 aliphatic rings. The maximum atomic E-state index is 13.1. The highest BCUT2D eigenvalue weighted by Gasteiger charge is 2.09. The fourth-order valence-electron chi connectivity index (χ4n) is 1.14. The second kappa shape index (κ2) is 4.84. The van der Waals surface area contributed by atoms with Gasteiger partial charge in [0.25, 0.3) is 0 Å². The lowest BCUT2D eigenvalue weighted by Crippen LogP contribution is -2.37. The highest BCUT2D eigenvalue weighted by atomic mass is 19.1. The number of hydrogen-bond acceptors (Lipinski definition) is 2. The molecule has 3 nitrogen and oxygen atoms in total. The largest absolute Gasteiger partial charge is 0.289 e. The van der Waals surface area contributed by atoms with E-state index in [0.29, 0.717) is 0 Å². The average molecular weight is 214 g/mol. The number of amides is 1. The summed E-state index contributed by atoms with van der Waals surface area (Å²) in [5.74, 6) is -1.51. The van der Waals surface area contributed by atoms with Crippen molar-refractivity contribution in [1.29, 1.82) is 0 Å². The minimum Gasteiger partial charge on any atom is -0.289 e. The predicted molar refractivity (Wildman–Crippen MR) is 51.9 cm³/mol. The Balaban J connectivity index is 2.71. The number of carbonyl (C=O) groups is 1. The monoisotopic (exact) mass is 214 g/mol. The summed E-state index contributed by atoms with van der Waals surface area (Å²) in [6, 6.07) is 3.04. The molecule has 0 fully saturated rings. The van der Waals surface area contributed by atoms with Crippen molar-refractivity contribution < 1.29 is 13.6 Å². The molecule has 0 saturated carbocycles. The average Bonchev–Trinajstić information content (AvgIpc) is 2.10. The molecule has 0 aliphatic heterocycles. The molecule has 1 aromatic rings. The van der Waals surface area contributed by atoms with Gasteiger partial charge in [0.05, 0.1) is 6.42 Å². The molecule has 0 spiro atoms. The number of carbonyl (C=O) groups excluding carboxylic acids is 1. The molecule has 1 aromatic carbocycles. The Bertz CT molecular complexity index is 366. The zero-order valence-electron chi connectivity index (χ0n) is 8.55. The number of halogens is 2. The van der Waals surface area contributed by atoms with Crippen molar-refractivity contribution in [3.8, 4) is 0 Å². The standard InChI is InChI=1S/C10H12F2N2O/c1-14(2)13-10(15)6-7-5-8(11)3-4-9(7)12/h3-5H,6H2,1-2H3,(H,13,15). The van der Waals surface area contributed by atoms with Crippen LogP contribution in [0.15, 0.2) is 18.2 Å². The highest BCUT2D eigenvalue weighted by Crippen LogP contribution is 2.10. The Morgan fingerprint density at radius 1 is 1.40 bits per heavy atom. The zero-order valence-corrected chi connectivity index (χ0v) is 8.55. The van der Waals surface area contributed by atoms with Gasteiger partial charge in [0.2, 0.25) is 5.91 Å². The predicted octanol–water partition coefficient (Wildman–Crippen LogP) is 1.10. The van der Waals surface area contributed by atoms with Crippen LogP contribution < -0.4 is 5.43 Å². The summed E-state index contributed by atoms with van der Waals surface area (Å²) >= 11 is 0. The number of nitrogens with one attached hydrogen (secondary N) is 1. The summed E-state index contributed by atoms with van der Waals surface area (Å²) in [4.78, 5) is 11.2. The molecule has 1 amide bonds. The van der Waals surface area contributed by atoms with Crippen LogP contribution in [0, 0.1) is 11.6 Å². The molecule has 0 aliphatic carbocycles. The quantitative estimate of drug-likeness (QED) is 0.764. The van der Waals surface area contributed by atoms with E-state index in [2.05, 4.69) is 5.43 Å². The van der Waals surface area contributed by atoms with Gasteiger partial charge in [-0.25, -0.2) is 13.8 Å². The number of benzene rings is 1. The van der Waals surface area contributed by atoms with Crippen LogP contribution in [0.5, 0.6) is 0 Å². The van der Waals surface area contributed by atoms with Crippen molar-refractivity contribution >= 4 is 5.91 Å². The van der Waals surface area contributed by atoms with Crippen molar-refractivity contribution in [3.05, 3.63) is 35.4 Å². The van der Waals surface area contributed by atoms with Crippen LogP contribution in [0.3, 0.4) is 0 Å². The van der Waals surface area contributed by atoms with Gasteiger partial charge in [0, 0.05) is 19.7 Å². The lowest BCUT2D eigenvalue weighted by atomic mass is 10.1. The minimum atomic E-state index is -0.578. The number of hydrogen-bond donors (Lipinski definition) is 1. The summed E-state index contributed by atoms with van der Waals surface area (Å²) in [7, 11) is 3.28. The van der Waals surface area contributed by atoms with Crippen LogP contribution in [0.2, 0.25) is 0 Å². The van der Waals surface area contributed by atoms with E-state index in [1.807, 2.05) is 0 Å². The molecule has 15 heavy (non-hydrogen) atoms. The molecule has 0 radical (unpaired) electrons. The van der Waals surface area contributed by atoms with Gasteiger partial charge in [-0.3, -0.25) is 10.2 Å². The molecule has 1 N–H and O–H groups in total. The van der Waals surface area contributed by atoms with Crippen LogP contribution in [-0.2, 0) is 11.2 Å². The molecular weight excluding hydrogens is 202 g/mol. The van der Waals surface area contributed by atoms with Crippen LogP contribution in [0.1, 0.15) is 5.56 Å². The van der Waals surface area contributed by atoms with Crippen LogP contribution in [-0.4, -0.2) is 25.0 Å². The SMILES string of the molecule is CN(C)NC(=O)Cc1cc(F)ccc1F. The summed E-state index contributed by atoms with van der Waals surface area (Å²) in [5, 5.41) is 1.44. The van der Waals surface area contributed by atoms with Crippen LogP contribution in [0.25, 0.3) is 0 Å². The fourth-order valence-corrected chi connectivity index (χ4v) is 1.14. The maximum Gasteiger partial charge on any atom is 0.238 e. The van der Waals surface area contributed by atoms with E-state index < -0.39 is 11.6 Å². The molecule has 82 valence electrons. The highest BCUT2D eigenvalue weighted by molar-refractivity contribution is 5.78. The van der Waals surface area contributed by atoms with Crippen LogP contribution >= 0.6 is 0 Å². The van der Waals surface area contributed by atoms with E-state index in [-0.39, 0.29) is 17.9 Å². The molecule has 0 unspecified atom stereocenters. The van der Waals surface area contributed by atoms with E-state index in [9.17, 15) is 13.6 Å². The van der Waals surface area contributed by atoms with Gasteiger partial charge >= 0.3 is 0 Å². The molecule has 0 bridgehead atoms. The molecule has 5 heteroatoms. The van der Waals surface area contributed by atoms with E-state index in [1.54, 1.807) is 14.1 Å². The number of rotatable bonds is 3. The molecule has 0 aromatic heterocycles. The Morgan fingerprint density at radius 3 is 2.67 bits per heavy atom. The van der Waals surface area contributed by atoms with Crippen LogP contribution in [0.4, 0.5) is 8.78 Å². The second-order valence-electron chi connectivity index (χ2n) is 3.34.